The fourth-order valence-electron chi connectivity index (χ4n) is 2.71. The van der Waals surface area contributed by atoms with Crippen LogP contribution < -0.4 is 10.6 Å². The van der Waals surface area contributed by atoms with Gasteiger partial charge in [-0.2, -0.15) is 0 Å². The van der Waals surface area contributed by atoms with Gasteiger partial charge in [-0.05, 0) is 17.7 Å². The molecule has 0 saturated carbocycles. The Balaban J connectivity index is 1.91. The second-order valence-electron chi connectivity index (χ2n) is 5.57. The Labute approximate surface area is 141 Å². The highest BCUT2D eigenvalue weighted by Crippen LogP contribution is 2.34. The first-order valence-electron chi connectivity index (χ1n) is 7.92. The van der Waals surface area contributed by atoms with Crippen LogP contribution in [-0.2, 0) is 9.53 Å². The van der Waals surface area contributed by atoms with Gasteiger partial charge in [0.2, 0.25) is 0 Å². The second kappa shape index (κ2) is 7.51. The first-order valence-corrected chi connectivity index (χ1v) is 7.92. The van der Waals surface area contributed by atoms with Crippen molar-refractivity contribution in [1.29, 1.82) is 0 Å². The summed E-state index contributed by atoms with van der Waals surface area (Å²) in [6.45, 7) is 3.76. The average molecular weight is 320 g/mol. The molecule has 0 radical (unpaired) electrons. The number of rotatable bonds is 4. The van der Waals surface area contributed by atoms with Crippen LogP contribution in [0, 0.1) is 0 Å². The summed E-state index contributed by atoms with van der Waals surface area (Å²) in [5.74, 6) is -0.372. The standard InChI is InChI=1S/C20H20N2O2/c1-2-12-24-20(23)14-16-13-19(15-8-4-3-5-9-15)22-18-11-7-6-10-17(18)21-16/h2-11,14,19,21-22H,1,12-13H2/b16-14-. The van der Waals surface area contributed by atoms with Crippen molar-refractivity contribution < 1.29 is 9.53 Å². The van der Waals surface area contributed by atoms with E-state index in [1.54, 1.807) is 6.08 Å². The predicted octanol–water partition coefficient (Wildman–Crippen LogP) is 4.27. The number of hydrogen-bond donors (Lipinski definition) is 2. The molecule has 1 heterocycles. The minimum atomic E-state index is -0.372. The van der Waals surface area contributed by atoms with Crippen LogP contribution in [0.4, 0.5) is 11.4 Å². The Bertz CT molecular complexity index is 753. The Morgan fingerprint density at radius 2 is 1.83 bits per heavy atom. The SMILES string of the molecule is C=CCOC(=O)/C=C1/CC(c2ccccc2)Nc2ccccc2N1. The number of fused-ring (bicyclic) bond motifs is 1. The zero-order valence-corrected chi connectivity index (χ0v) is 13.4. The highest BCUT2D eigenvalue weighted by atomic mass is 16.5. The predicted molar refractivity (Wildman–Crippen MR) is 96.7 cm³/mol. The van der Waals surface area contributed by atoms with Gasteiger partial charge in [-0.25, -0.2) is 4.79 Å². The lowest BCUT2D eigenvalue weighted by Gasteiger charge is -2.18. The summed E-state index contributed by atoms with van der Waals surface area (Å²) < 4.78 is 5.07. The quantitative estimate of drug-likeness (QED) is 0.502. The molecule has 0 saturated heterocycles. The van der Waals surface area contributed by atoms with Gasteiger partial charge in [0.05, 0.1) is 17.4 Å². The van der Waals surface area contributed by atoms with Crippen molar-refractivity contribution in [2.24, 2.45) is 0 Å². The number of esters is 1. The zero-order valence-electron chi connectivity index (χ0n) is 13.4. The van der Waals surface area contributed by atoms with E-state index < -0.39 is 0 Å². The van der Waals surface area contributed by atoms with E-state index in [1.165, 1.54) is 11.6 Å². The number of carbonyl (C=O) groups excluding carboxylic acids is 1. The van der Waals surface area contributed by atoms with Crippen LogP contribution in [0.25, 0.3) is 0 Å². The molecule has 1 aliphatic rings. The highest BCUT2D eigenvalue weighted by molar-refractivity contribution is 5.84. The molecule has 0 aromatic heterocycles. The molecule has 2 N–H and O–H groups in total. The summed E-state index contributed by atoms with van der Waals surface area (Å²) in [7, 11) is 0. The molecule has 0 spiro atoms. The van der Waals surface area contributed by atoms with Crippen LogP contribution in [0.1, 0.15) is 18.0 Å². The minimum absolute atomic E-state index is 0.0702. The molecule has 2 aromatic rings. The smallest absolute Gasteiger partial charge is 0.332 e. The lowest BCUT2D eigenvalue weighted by atomic mass is 10.0. The minimum Gasteiger partial charge on any atom is -0.458 e. The van der Waals surface area contributed by atoms with E-state index >= 15 is 0 Å². The molecule has 4 heteroatoms. The third-order valence-electron chi connectivity index (χ3n) is 3.81. The Kier molecular flexibility index (Phi) is 4.96. The summed E-state index contributed by atoms with van der Waals surface area (Å²) in [5.41, 5.74) is 3.93. The van der Waals surface area contributed by atoms with Crippen LogP contribution in [-0.4, -0.2) is 12.6 Å². The molecule has 1 atom stereocenters. The van der Waals surface area contributed by atoms with Crippen molar-refractivity contribution >= 4 is 17.3 Å². The first kappa shape index (κ1) is 15.9. The largest absolute Gasteiger partial charge is 0.458 e. The van der Waals surface area contributed by atoms with Gasteiger partial charge in [0.1, 0.15) is 6.61 Å². The number of nitrogens with one attached hydrogen (secondary N) is 2. The summed E-state index contributed by atoms with van der Waals surface area (Å²) in [4.78, 5) is 11.9. The van der Waals surface area contributed by atoms with Crippen molar-refractivity contribution in [3.8, 4) is 0 Å². The Hall–Kier alpha value is -3.01. The maximum Gasteiger partial charge on any atom is 0.332 e. The molecular formula is C20H20N2O2. The first-order chi connectivity index (χ1) is 11.8. The monoisotopic (exact) mass is 320 g/mol. The molecule has 2 aromatic carbocycles. The summed E-state index contributed by atoms with van der Waals surface area (Å²) in [5, 5.41) is 6.89. The lowest BCUT2D eigenvalue weighted by Crippen LogP contribution is -2.11. The number of anilines is 2. The van der Waals surface area contributed by atoms with Crippen molar-refractivity contribution in [3.63, 3.8) is 0 Å². The van der Waals surface area contributed by atoms with Crippen molar-refractivity contribution in [2.75, 3.05) is 17.2 Å². The van der Waals surface area contributed by atoms with E-state index in [0.717, 1.165) is 17.1 Å². The van der Waals surface area contributed by atoms with Gasteiger partial charge in [0, 0.05) is 18.2 Å². The molecular weight excluding hydrogens is 300 g/mol. The molecule has 4 nitrogen and oxygen atoms in total. The van der Waals surface area contributed by atoms with Gasteiger partial charge >= 0.3 is 5.97 Å². The fraction of sp³-hybridized carbons (Fsp3) is 0.150. The third kappa shape index (κ3) is 3.84. The molecule has 122 valence electrons. The average Bonchev–Trinajstić information content (AvgIpc) is 2.79. The maximum atomic E-state index is 11.9. The van der Waals surface area contributed by atoms with Crippen molar-refractivity contribution in [1.82, 2.24) is 0 Å². The van der Waals surface area contributed by atoms with Gasteiger partial charge in [0.25, 0.3) is 0 Å². The number of benzene rings is 2. The second-order valence-corrected chi connectivity index (χ2v) is 5.57. The normalized spacial score (nSPS) is 17.8. The summed E-state index contributed by atoms with van der Waals surface area (Å²) in [6, 6.07) is 18.2. The van der Waals surface area contributed by atoms with Gasteiger partial charge < -0.3 is 15.4 Å². The maximum absolute atomic E-state index is 11.9. The van der Waals surface area contributed by atoms with E-state index in [2.05, 4.69) is 29.3 Å². The van der Waals surface area contributed by atoms with E-state index in [1.807, 2.05) is 42.5 Å². The number of hydrogen-bond acceptors (Lipinski definition) is 4. The molecule has 0 bridgehead atoms. The van der Waals surface area contributed by atoms with Gasteiger partial charge in [-0.15, -0.1) is 0 Å². The molecule has 24 heavy (non-hydrogen) atoms. The molecule has 3 rings (SSSR count). The third-order valence-corrected chi connectivity index (χ3v) is 3.81. The molecule has 0 fully saturated rings. The highest BCUT2D eigenvalue weighted by Gasteiger charge is 2.20. The topological polar surface area (TPSA) is 50.4 Å². The van der Waals surface area contributed by atoms with E-state index in [0.29, 0.717) is 6.42 Å². The number of ether oxygens (including phenoxy) is 1. The summed E-state index contributed by atoms with van der Waals surface area (Å²) >= 11 is 0. The van der Waals surface area contributed by atoms with Crippen LogP contribution >= 0.6 is 0 Å². The van der Waals surface area contributed by atoms with Gasteiger partial charge in [-0.3, -0.25) is 0 Å². The van der Waals surface area contributed by atoms with E-state index in [4.69, 9.17) is 4.74 Å². The van der Waals surface area contributed by atoms with Crippen molar-refractivity contribution in [3.05, 3.63) is 84.6 Å². The van der Waals surface area contributed by atoms with E-state index in [-0.39, 0.29) is 18.6 Å². The van der Waals surface area contributed by atoms with Crippen LogP contribution in [0.3, 0.4) is 0 Å². The Morgan fingerprint density at radius 1 is 1.12 bits per heavy atom. The molecule has 0 aliphatic carbocycles. The van der Waals surface area contributed by atoms with Crippen molar-refractivity contribution in [2.45, 2.75) is 12.5 Å². The van der Waals surface area contributed by atoms with Crippen LogP contribution in [0.2, 0.25) is 0 Å². The molecule has 1 unspecified atom stereocenters. The zero-order chi connectivity index (χ0) is 16.8. The lowest BCUT2D eigenvalue weighted by molar-refractivity contribution is -0.136. The number of carbonyl (C=O) groups is 1. The Morgan fingerprint density at radius 3 is 2.58 bits per heavy atom. The summed E-state index contributed by atoms with van der Waals surface area (Å²) in [6.07, 6.45) is 3.73. The van der Waals surface area contributed by atoms with Crippen LogP contribution in [0.15, 0.2) is 79.0 Å². The van der Waals surface area contributed by atoms with Crippen LogP contribution in [0.5, 0.6) is 0 Å². The van der Waals surface area contributed by atoms with E-state index in [9.17, 15) is 4.79 Å². The van der Waals surface area contributed by atoms with Gasteiger partial charge in [0.15, 0.2) is 0 Å². The number of para-hydroxylation sites is 2. The van der Waals surface area contributed by atoms with Gasteiger partial charge in [-0.1, -0.05) is 55.1 Å². The molecule has 0 amide bonds. The fourth-order valence-corrected chi connectivity index (χ4v) is 2.71. The molecule has 1 aliphatic heterocycles.